The second-order valence-corrected chi connectivity index (χ2v) is 21.8. The van der Waals surface area contributed by atoms with Crippen molar-refractivity contribution in [3.63, 3.8) is 0 Å². The Hall–Kier alpha value is -1.61. The molecule has 2 aromatic rings. The molecule has 2 rings (SSSR count). The zero-order chi connectivity index (χ0) is 22.5. The van der Waals surface area contributed by atoms with Crippen LogP contribution in [-0.4, -0.2) is 28.6 Å². The van der Waals surface area contributed by atoms with Crippen molar-refractivity contribution in [2.24, 2.45) is 0 Å². The quantitative estimate of drug-likeness (QED) is 0.236. The van der Waals surface area contributed by atoms with Gasteiger partial charge >= 0.3 is 194 Å². The van der Waals surface area contributed by atoms with Crippen LogP contribution in [-0.2, 0) is 6.42 Å². The van der Waals surface area contributed by atoms with Gasteiger partial charge in [0.15, 0.2) is 0 Å². The van der Waals surface area contributed by atoms with Gasteiger partial charge in [0.2, 0.25) is 0 Å². The Kier molecular flexibility index (Phi) is 11.4. The minimum absolute atomic E-state index is 0.628. The molecule has 0 aliphatic heterocycles. The van der Waals surface area contributed by atoms with Crippen LogP contribution in [0.2, 0.25) is 13.3 Å². The number of hydrogen-bond acceptors (Lipinski definition) is 4. The summed E-state index contributed by atoms with van der Waals surface area (Å²) < 4.78 is 11.5. The number of benzene rings is 1. The van der Waals surface area contributed by atoms with Gasteiger partial charge in [-0.1, -0.05) is 0 Å². The van der Waals surface area contributed by atoms with Crippen molar-refractivity contribution in [1.82, 2.24) is 10.2 Å². The zero-order valence-corrected chi connectivity index (χ0v) is 22.8. The number of nitriles is 1. The van der Waals surface area contributed by atoms with E-state index in [0.29, 0.717) is 5.89 Å². The van der Waals surface area contributed by atoms with Crippen molar-refractivity contribution in [3.05, 3.63) is 53.2 Å². The Morgan fingerprint density at radius 3 is 2.19 bits per heavy atom. The summed E-state index contributed by atoms with van der Waals surface area (Å²) in [5.74, 6) is 1.35. The molecular formula is C26H39N3OSn. The molecule has 0 amide bonds. The molecule has 0 radical (unpaired) electrons. The molecule has 0 saturated heterocycles. The second kappa shape index (κ2) is 13.7. The van der Waals surface area contributed by atoms with E-state index in [0.717, 1.165) is 24.3 Å². The Morgan fingerprint density at radius 1 is 1.03 bits per heavy atom. The van der Waals surface area contributed by atoms with Crippen LogP contribution in [0.4, 0.5) is 0 Å². The average molecular weight is 528 g/mol. The van der Waals surface area contributed by atoms with Crippen LogP contribution in [0.3, 0.4) is 0 Å². The summed E-state index contributed by atoms with van der Waals surface area (Å²) in [7, 11) is 0. The van der Waals surface area contributed by atoms with Crippen LogP contribution in [0.25, 0.3) is 3.59 Å². The number of unbranched alkanes of at least 4 members (excludes halogenated alkanes) is 3. The van der Waals surface area contributed by atoms with Gasteiger partial charge in [-0.05, 0) is 0 Å². The van der Waals surface area contributed by atoms with Crippen LogP contribution in [0.1, 0.15) is 88.6 Å². The van der Waals surface area contributed by atoms with Gasteiger partial charge in [-0.25, -0.2) is 0 Å². The van der Waals surface area contributed by atoms with E-state index in [-0.39, 0.29) is 0 Å². The molecule has 1 aromatic carbocycles. The van der Waals surface area contributed by atoms with E-state index < -0.39 is 18.4 Å². The Balaban J connectivity index is 2.48. The number of aromatic nitrogens is 2. The van der Waals surface area contributed by atoms with E-state index in [4.69, 9.17) is 4.42 Å². The molecule has 0 N–H and O–H groups in total. The molecule has 0 aliphatic carbocycles. The summed E-state index contributed by atoms with van der Waals surface area (Å²) in [5.41, 5.74) is 2.05. The molecule has 0 unspecified atom stereocenters. The maximum atomic E-state index is 9.52. The third kappa shape index (κ3) is 7.79. The molecule has 1 heterocycles. The maximum absolute atomic E-state index is 9.52. The summed E-state index contributed by atoms with van der Waals surface area (Å²) in [6, 6.07) is 10.7. The summed E-state index contributed by atoms with van der Waals surface area (Å²) in [5, 5.41) is 17.7. The molecule has 0 aliphatic rings. The molecule has 4 nitrogen and oxygen atoms in total. The van der Waals surface area contributed by atoms with Crippen molar-refractivity contribution in [2.75, 3.05) is 0 Å². The molecule has 0 saturated carbocycles. The fraction of sp³-hybridized carbons (Fsp3) is 0.577. The van der Waals surface area contributed by atoms with Gasteiger partial charge in [-0.2, -0.15) is 0 Å². The predicted molar refractivity (Wildman–Crippen MR) is 131 cm³/mol. The monoisotopic (exact) mass is 529 g/mol. The fourth-order valence-corrected chi connectivity index (χ4v) is 21.6. The Bertz CT molecular complexity index is 844. The molecule has 31 heavy (non-hydrogen) atoms. The summed E-state index contributed by atoms with van der Waals surface area (Å²) in [6.07, 6.45) is 11.9. The van der Waals surface area contributed by atoms with Gasteiger partial charge in [0.1, 0.15) is 0 Å². The molecule has 0 atom stereocenters. The predicted octanol–water partition coefficient (Wildman–Crippen LogP) is 7.65. The van der Waals surface area contributed by atoms with Gasteiger partial charge in [0.25, 0.3) is 0 Å². The van der Waals surface area contributed by atoms with E-state index in [1.165, 1.54) is 57.4 Å². The molecular weight excluding hydrogens is 489 g/mol. The molecule has 5 heteroatoms. The zero-order valence-electron chi connectivity index (χ0n) is 19.9. The Morgan fingerprint density at radius 2 is 1.68 bits per heavy atom. The first-order valence-electron chi connectivity index (χ1n) is 12.1. The molecule has 0 bridgehead atoms. The summed E-state index contributed by atoms with van der Waals surface area (Å²) in [4.78, 5) is 0. The number of hydrogen-bond donors (Lipinski definition) is 0. The molecule has 0 fully saturated rings. The first-order chi connectivity index (χ1) is 15.1. The van der Waals surface area contributed by atoms with Crippen molar-refractivity contribution in [3.8, 4) is 6.07 Å². The van der Waals surface area contributed by atoms with Gasteiger partial charge in [-0.15, -0.1) is 0 Å². The van der Waals surface area contributed by atoms with Gasteiger partial charge in [-0.3, -0.25) is 0 Å². The van der Waals surface area contributed by atoms with E-state index in [9.17, 15) is 5.26 Å². The number of allylic oxidation sites excluding steroid dienone is 1. The first-order valence-corrected chi connectivity index (χ1v) is 19.6. The molecule has 0 spiro atoms. The van der Waals surface area contributed by atoms with Crippen molar-refractivity contribution < 1.29 is 4.42 Å². The normalized spacial score (nSPS) is 12.2. The molecule has 168 valence electrons. The molecule has 1 aromatic heterocycles. The van der Waals surface area contributed by atoms with Gasteiger partial charge in [0, 0.05) is 0 Å². The summed E-state index contributed by atoms with van der Waals surface area (Å²) in [6.45, 7) is 8.78. The standard InChI is InChI=1S/C14H12N3O.3C4H9.Sn/c1-11-16-17-14(18-11)8-3-2-5-12-6-4-7-13(9-12)10-15;3*1-3-4-2;/h2,4,6-7,9H,3,8H2,1H3;3*1,3-4H2,2H3;. The van der Waals surface area contributed by atoms with E-state index in [1.54, 1.807) is 3.59 Å². The number of aryl methyl sites for hydroxylation is 2. The summed E-state index contributed by atoms with van der Waals surface area (Å²) >= 11 is -2.67. The van der Waals surface area contributed by atoms with Crippen LogP contribution in [0.15, 0.2) is 34.8 Å². The van der Waals surface area contributed by atoms with Crippen LogP contribution in [0, 0.1) is 18.3 Å². The van der Waals surface area contributed by atoms with Crippen LogP contribution in [0.5, 0.6) is 0 Å². The van der Waals surface area contributed by atoms with E-state index in [1.807, 2.05) is 13.0 Å². The van der Waals surface area contributed by atoms with Crippen LogP contribution < -0.4 is 0 Å². The number of rotatable bonds is 14. The fourth-order valence-electron chi connectivity index (χ4n) is 4.50. The number of nitrogens with zero attached hydrogens (tertiary/aromatic N) is 3. The topological polar surface area (TPSA) is 62.7 Å². The van der Waals surface area contributed by atoms with Gasteiger partial charge in [0.05, 0.1) is 0 Å². The van der Waals surface area contributed by atoms with Crippen molar-refractivity contribution in [1.29, 1.82) is 5.26 Å². The van der Waals surface area contributed by atoms with E-state index >= 15 is 0 Å². The third-order valence-electron chi connectivity index (χ3n) is 6.18. The van der Waals surface area contributed by atoms with E-state index in [2.05, 4.69) is 61.3 Å². The van der Waals surface area contributed by atoms with Crippen LogP contribution >= 0.6 is 0 Å². The van der Waals surface area contributed by atoms with Crippen molar-refractivity contribution >= 4 is 22.0 Å². The third-order valence-corrected chi connectivity index (χ3v) is 22.1. The Labute approximate surface area is 193 Å². The second-order valence-electron chi connectivity index (χ2n) is 8.65. The first kappa shape index (κ1) is 25.6. The minimum atomic E-state index is -2.67. The van der Waals surface area contributed by atoms with Gasteiger partial charge < -0.3 is 0 Å². The average Bonchev–Trinajstić information content (AvgIpc) is 3.21. The SMILES string of the molecule is CCC[CH2][Sn]([CH2]CCC)([CH2]CCC)/[C](=C/CCc1nnc(C)o1)c1cccc(C#N)c1. The van der Waals surface area contributed by atoms with Crippen molar-refractivity contribution in [2.45, 2.75) is 92.4 Å².